The molecule has 0 fully saturated rings. The van der Waals surface area contributed by atoms with E-state index in [0.717, 1.165) is 12.2 Å². The molecule has 0 saturated carbocycles. The highest BCUT2D eigenvalue weighted by atomic mass is 32.2. The van der Waals surface area contributed by atoms with Gasteiger partial charge in [-0.1, -0.05) is 48.0 Å². The van der Waals surface area contributed by atoms with Crippen molar-refractivity contribution < 1.29 is 9.47 Å². The van der Waals surface area contributed by atoms with E-state index >= 15 is 0 Å². The molecule has 0 aromatic heterocycles. The van der Waals surface area contributed by atoms with Crippen molar-refractivity contribution in [3.63, 3.8) is 0 Å². The molecule has 0 unspecified atom stereocenters. The Morgan fingerprint density at radius 2 is 1.36 bits per heavy atom. The lowest BCUT2D eigenvalue weighted by atomic mass is 10.0. The molecule has 0 aliphatic rings. The smallest absolute Gasteiger partial charge is 0.0857 e. The van der Waals surface area contributed by atoms with Gasteiger partial charge in [-0.25, -0.2) is 0 Å². The molecule has 2 aromatic carbocycles. The lowest BCUT2D eigenvalue weighted by molar-refractivity contribution is -0.108. The molecule has 0 aliphatic heterocycles. The van der Waals surface area contributed by atoms with Gasteiger partial charge in [-0.15, -0.1) is 11.8 Å². The minimum Gasteiger partial charge on any atom is -0.372 e. The zero-order valence-corrected chi connectivity index (χ0v) is 19.3. The fourth-order valence-corrected chi connectivity index (χ4v) is 3.97. The molecule has 3 heteroatoms. The van der Waals surface area contributed by atoms with Crippen LogP contribution in [0.4, 0.5) is 0 Å². The van der Waals surface area contributed by atoms with Gasteiger partial charge >= 0.3 is 0 Å². The zero-order valence-electron chi connectivity index (χ0n) is 18.5. The summed E-state index contributed by atoms with van der Waals surface area (Å²) in [6.07, 6.45) is 0.934. The third kappa shape index (κ3) is 8.81. The summed E-state index contributed by atoms with van der Waals surface area (Å²) < 4.78 is 12.9. The maximum atomic E-state index is 6.45. The summed E-state index contributed by atoms with van der Waals surface area (Å²) in [4.78, 5) is 1.28. The number of hydrogen-bond donors (Lipinski definition) is 0. The molecule has 0 radical (unpaired) electrons. The third-order valence-electron chi connectivity index (χ3n) is 4.12. The van der Waals surface area contributed by atoms with Crippen molar-refractivity contribution in [1.29, 1.82) is 0 Å². The highest BCUT2D eigenvalue weighted by Gasteiger charge is 2.27. The maximum absolute atomic E-state index is 6.45. The summed E-state index contributed by atoms with van der Waals surface area (Å²) in [5.41, 5.74) is 2.09. The molecule has 2 aromatic rings. The summed E-state index contributed by atoms with van der Waals surface area (Å²) in [6.45, 7) is 14.8. The normalized spacial score (nSPS) is 14.7. The highest BCUT2D eigenvalue weighted by molar-refractivity contribution is 7.99. The SMILES string of the molecule is Cc1ccc(SC[C@@H](C[C@H](OC(C)(C)C)c2ccccc2)OC(C)(C)C)cc1. The molecule has 0 amide bonds. The van der Waals surface area contributed by atoms with Crippen LogP contribution in [0.25, 0.3) is 0 Å². The van der Waals surface area contributed by atoms with Gasteiger partial charge in [0.05, 0.1) is 23.4 Å². The molecule has 0 aliphatic carbocycles. The van der Waals surface area contributed by atoms with E-state index in [4.69, 9.17) is 9.47 Å². The van der Waals surface area contributed by atoms with Crippen LogP contribution < -0.4 is 0 Å². The van der Waals surface area contributed by atoms with Gasteiger partial charge in [-0.05, 0) is 66.2 Å². The molecular formula is C25H36O2S. The van der Waals surface area contributed by atoms with Gasteiger partial charge in [0, 0.05) is 17.1 Å². The van der Waals surface area contributed by atoms with Crippen LogP contribution in [0, 0.1) is 6.92 Å². The first-order valence-electron chi connectivity index (χ1n) is 10.1. The van der Waals surface area contributed by atoms with E-state index in [1.54, 1.807) is 0 Å². The standard InChI is InChI=1S/C25H36O2S/c1-19-13-15-22(16-14-19)28-18-21(26-24(2,3)4)17-23(27-25(5,6)7)20-11-9-8-10-12-20/h8-16,21,23H,17-18H2,1-7H3/t21-,23+/m1/s1. The van der Waals surface area contributed by atoms with Crippen molar-refractivity contribution in [3.8, 4) is 0 Å². The Hall–Kier alpha value is -1.29. The average molecular weight is 401 g/mol. The number of benzene rings is 2. The number of rotatable bonds is 8. The Morgan fingerprint density at radius 3 is 1.89 bits per heavy atom. The Bertz CT molecular complexity index is 696. The van der Waals surface area contributed by atoms with Crippen molar-refractivity contribution in [1.82, 2.24) is 0 Å². The van der Waals surface area contributed by atoms with Gasteiger partial charge in [-0.3, -0.25) is 0 Å². The van der Waals surface area contributed by atoms with E-state index in [1.165, 1.54) is 16.0 Å². The number of thioether (sulfide) groups is 1. The first kappa shape index (κ1) is 23.0. The van der Waals surface area contributed by atoms with Gasteiger partial charge < -0.3 is 9.47 Å². The molecule has 2 nitrogen and oxygen atoms in total. The number of aryl methyl sites for hydroxylation is 1. The maximum Gasteiger partial charge on any atom is 0.0857 e. The van der Waals surface area contributed by atoms with Crippen molar-refractivity contribution >= 4 is 11.8 Å². The van der Waals surface area contributed by atoms with Crippen LogP contribution in [0.2, 0.25) is 0 Å². The van der Waals surface area contributed by atoms with E-state index in [0.29, 0.717) is 0 Å². The molecule has 0 spiro atoms. The van der Waals surface area contributed by atoms with Crippen LogP contribution in [0.5, 0.6) is 0 Å². The molecule has 0 bridgehead atoms. The summed E-state index contributed by atoms with van der Waals surface area (Å²) in [7, 11) is 0. The highest BCUT2D eigenvalue weighted by Crippen LogP contribution is 2.32. The lowest BCUT2D eigenvalue weighted by Gasteiger charge is -2.33. The second-order valence-corrected chi connectivity index (χ2v) is 10.4. The fraction of sp³-hybridized carbons (Fsp3) is 0.520. The molecule has 0 saturated heterocycles. The van der Waals surface area contributed by atoms with E-state index in [-0.39, 0.29) is 23.4 Å². The van der Waals surface area contributed by atoms with Crippen LogP contribution >= 0.6 is 11.8 Å². The Morgan fingerprint density at radius 1 is 0.786 bits per heavy atom. The quantitative estimate of drug-likeness (QED) is 0.436. The van der Waals surface area contributed by atoms with Gasteiger partial charge in [0.25, 0.3) is 0 Å². The summed E-state index contributed by atoms with van der Waals surface area (Å²) in [6, 6.07) is 19.2. The number of hydrogen-bond acceptors (Lipinski definition) is 3. The van der Waals surface area contributed by atoms with Crippen LogP contribution in [-0.2, 0) is 9.47 Å². The molecule has 2 rings (SSSR count). The van der Waals surface area contributed by atoms with Gasteiger partial charge in [-0.2, -0.15) is 0 Å². The predicted molar refractivity (Wildman–Crippen MR) is 121 cm³/mol. The average Bonchev–Trinajstić information content (AvgIpc) is 2.59. The lowest BCUT2D eigenvalue weighted by Crippen LogP contribution is -2.32. The number of ether oxygens (including phenoxy) is 2. The third-order valence-corrected chi connectivity index (χ3v) is 5.27. The van der Waals surface area contributed by atoms with Gasteiger partial charge in [0.2, 0.25) is 0 Å². The second-order valence-electron chi connectivity index (χ2n) is 9.34. The van der Waals surface area contributed by atoms with Crippen LogP contribution in [0.3, 0.4) is 0 Å². The van der Waals surface area contributed by atoms with Crippen LogP contribution in [0.15, 0.2) is 59.5 Å². The van der Waals surface area contributed by atoms with E-state index < -0.39 is 0 Å². The molecular weight excluding hydrogens is 364 g/mol. The topological polar surface area (TPSA) is 18.5 Å². The van der Waals surface area contributed by atoms with Crippen LogP contribution in [0.1, 0.15) is 65.2 Å². The monoisotopic (exact) mass is 400 g/mol. The Labute approximate surface area is 176 Å². The molecule has 154 valence electrons. The van der Waals surface area contributed by atoms with Crippen molar-refractivity contribution in [2.75, 3.05) is 5.75 Å². The van der Waals surface area contributed by atoms with E-state index in [9.17, 15) is 0 Å². The van der Waals surface area contributed by atoms with E-state index in [1.807, 2.05) is 17.8 Å². The first-order chi connectivity index (χ1) is 13.0. The molecule has 0 heterocycles. The van der Waals surface area contributed by atoms with Crippen molar-refractivity contribution in [3.05, 3.63) is 65.7 Å². The van der Waals surface area contributed by atoms with Crippen LogP contribution in [-0.4, -0.2) is 23.1 Å². The second kappa shape index (κ2) is 9.96. The minimum absolute atomic E-state index is 0.00664. The summed E-state index contributed by atoms with van der Waals surface area (Å²) in [5.74, 6) is 0.900. The molecule has 2 atom stereocenters. The van der Waals surface area contributed by atoms with E-state index in [2.05, 4.69) is 97.0 Å². The fourth-order valence-electron chi connectivity index (χ4n) is 3.06. The van der Waals surface area contributed by atoms with Gasteiger partial charge in [0.1, 0.15) is 0 Å². The minimum atomic E-state index is -0.211. The molecule has 28 heavy (non-hydrogen) atoms. The summed E-state index contributed by atoms with van der Waals surface area (Å²) >= 11 is 1.85. The zero-order chi connectivity index (χ0) is 20.8. The van der Waals surface area contributed by atoms with Gasteiger partial charge in [0.15, 0.2) is 0 Å². The van der Waals surface area contributed by atoms with Crippen molar-refractivity contribution in [2.45, 2.75) is 83.2 Å². The molecule has 0 N–H and O–H groups in total. The first-order valence-corrected chi connectivity index (χ1v) is 11.1. The Kier molecular flexibility index (Phi) is 8.18. The Balaban J connectivity index is 2.15. The predicted octanol–water partition coefficient (Wildman–Crippen LogP) is 7.22. The largest absolute Gasteiger partial charge is 0.372 e. The van der Waals surface area contributed by atoms with Crippen molar-refractivity contribution in [2.24, 2.45) is 0 Å². The summed E-state index contributed by atoms with van der Waals surface area (Å²) in [5, 5.41) is 0.